The molecule has 1 aliphatic heterocycles. The Kier molecular flexibility index (Phi) is 1.48. The van der Waals surface area contributed by atoms with Gasteiger partial charge in [0.05, 0.1) is 4.87 Å². The zero-order valence-corrected chi connectivity index (χ0v) is 7.32. The van der Waals surface area contributed by atoms with Crippen molar-refractivity contribution in [3.8, 4) is 0 Å². The van der Waals surface area contributed by atoms with Gasteiger partial charge in [0.25, 0.3) is 0 Å². The Balaban J connectivity index is 2.41. The molecule has 2 N–H and O–H groups in total. The Bertz CT molecular complexity index is 254. The van der Waals surface area contributed by atoms with Gasteiger partial charge < -0.3 is 5.73 Å². The lowest BCUT2D eigenvalue weighted by atomic mass is 10.1. The Labute approximate surface area is 71.0 Å². The third kappa shape index (κ3) is 1.28. The van der Waals surface area contributed by atoms with E-state index in [-0.39, 0.29) is 4.87 Å². The number of benzene rings is 1. The maximum absolute atomic E-state index is 5.99. The fourth-order valence-electron chi connectivity index (χ4n) is 1.41. The van der Waals surface area contributed by atoms with E-state index in [2.05, 4.69) is 31.2 Å². The largest absolute Gasteiger partial charge is 0.316 e. The van der Waals surface area contributed by atoms with Crippen molar-refractivity contribution in [3.63, 3.8) is 0 Å². The molecule has 0 fully saturated rings. The van der Waals surface area contributed by atoms with Crippen molar-refractivity contribution in [2.45, 2.75) is 23.1 Å². The van der Waals surface area contributed by atoms with Gasteiger partial charge in [-0.1, -0.05) is 18.2 Å². The molecule has 1 heterocycles. The Morgan fingerprint density at radius 1 is 1.45 bits per heavy atom. The fraction of sp³-hybridized carbons (Fsp3) is 0.333. The smallest absolute Gasteiger partial charge is 0.0679 e. The third-order valence-corrected chi connectivity index (χ3v) is 3.09. The average Bonchev–Trinajstić information content (AvgIpc) is 2.21. The highest BCUT2D eigenvalue weighted by molar-refractivity contribution is 8.01. The average molecular weight is 165 g/mol. The highest BCUT2D eigenvalue weighted by Gasteiger charge is 2.28. The van der Waals surface area contributed by atoms with Crippen LogP contribution in [-0.2, 0) is 6.42 Å². The molecule has 2 heteroatoms. The standard InChI is InChI=1S/C9H11NS/c1-9(10)6-7-4-2-3-5-8(7)11-9/h2-5H,6,10H2,1H3. The monoisotopic (exact) mass is 165 g/mol. The minimum absolute atomic E-state index is 0.0797. The minimum Gasteiger partial charge on any atom is -0.316 e. The van der Waals surface area contributed by atoms with Gasteiger partial charge in [-0.15, -0.1) is 11.8 Å². The first kappa shape index (κ1) is 7.19. The summed E-state index contributed by atoms with van der Waals surface area (Å²) in [6, 6.07) is 8.42. The molecule has 1 unspecified atom stereocenters. The first-order chi connectivity index (χ1) is 5.17. The molecule has 58 valence electrons. The van der Waals surface area contributed by atoms with Crippen LogP contribution in [0, 0.1) is 0 Å². The first-order valence-electron chi connectivity index (χ1n) is 3.73. The van der Waals surface area contributed by atoms with E-state index in [1.54, 1.807) is 11.8 Å². The van der Waals surface area contributed by atoms with Crippen molar-refractivity contribution in [1.29, 1.82) is 0 Å². The number of hydrogen-bond acceptors (Lipinski definition) is 2. The number of nitrogens with two attached hydrogens (primary N) is 1. The maximum atomic E-state index is 5.99. The lowest BCUT2D eigenvalue weighted by Crippen LogP contribution is -2.30. The van der Waals surface area contributed by atoms with E-state index in [1.807, 2.05) is 0 Å². The van der Waals surface area contributed by atoms with Gasteiger partial charge in [-0.2, -0.15) is 0 Å². The van der Waals surface area contributed by atoms with Crippen LogP contribution in [0.3, 0.4) is 0 Å². The summed E-state index contributed by atoms with van der Waals surface area (Å²) in [4.78, 5) is 1.27. The minimum atomic E-state index is -0.0797. The Hall–Kier alpha value is -0.470. The second kappa shape index (κ2) is 2.26. The third-order valence-electron chi connectivity index (χ3n) is 1.86. The van der Waals surface area contributed by atoms with Crippen LogP contribution in [0.25, 0.3) is 0 Å². The van der Waals surface area contributed by atoms with E-state index in [0.29, 0.717) is 0 Å². The number of rotatable bonds is 0. The number of thioether (sulfide) groups is 1. The van der Waals surface area contributed by atoms with Gasteiger partial charge in [0.2, 0.25) is 0 Å². The van der Waals surface area contributed by atoms with E-state index < -0.39 is 0 Å². The van der Waals surface area contributed by atoms with Crippen molar-refractivity contribution < 1.29 is 0 Å². The molecule has 0 aromatic heterocycles. The molecule has 0 amide bonds. The molecule has 2 rings (SSSR count). The predicted molar refractivity (Wildman–Crippen MR) is 48.6 cm³/mol. The van der Waals surface area contributed by atoms with Crippen molar-refractivity contribution in [3.05, 3.63) is 29.8 Å². The summed E-state index contributed by atoms with van der Waals surface area (Å²) in [7, 11) is 0. The molecule has 0 bridgehead atoms. The van der Waals surface area contributed by atoms with Gasteiger partial charge >= 0.3 is 0 Å². The van der Waals surface area contributed by atoms with Crippen LogP contribution in [-0.4, -0.2) is 4.87 Å². The summed E-state index contributed by atoms with van der Waals surface area (Å²) in [6.07, 6.45) is 0.994. The molecule has 1 atom stereocenters. The van der Waals surface area contributed by atoms with Crippen molar-refractivity contribution in [2.75, 3.05) is 0 Å². The van der Waals surface area contributed by atoms with Crippen LogP contribution in [0.4, 0.5) is 0 Å². The van der Waals surface area contributed by atoms with Gasteiger partial charge in [0, 0.05) is 11.3 Å². The van der Waals surface area contributed by atoms with Crippen LogP contribution in [0.5, 0.6) is 0 Å². The van der Waals surface area contributed by atoms with Crippen LogP contribution in [0.2, 0.25) is 0 Å². The lowest BCUT2D eigenvalue weighted by Gasteiger charge is -2.14. The summed E-state index contributed by atoms with van der Waals surface area (Å²) in [5.41, 5.74) is 7.38. The number of fused-ring (bicyclic) bond motifs is 1. The molecule has 1 aromatic rings. The van der Waals surface area contributed by atoms with E-state index in [4.69, 9.17) is 5.73 Å². The van der Waals surface area contributed by atoms with Gasteiger partial charge in [-0.3, -0.25) is 0 Å². The van der Waals surface area contributed by atoms with Gasteiger partial charge in [-0.05, 0) is 18.6 Å². The second-order valence-electron chi connectivity index (χ2n) is 3.20. The molecule has 11 heavy (non-hydrogen) atoms. The van der Waals surface area contributed by atoms with E-state index in [9.17, 15) is 0 Å². The Morgan fingerprint density at radius 3 is 2.91 bits per heavy atom. The van der Waals surface area contributed by atoms with Gasteiger partial charge in [0.1, 0.15) is 0 Å². The van der Waals surface area contributed by atoms with Crippen molar-refractivity contribution in [1.82, 2.24) is 0 Å². The maximum Gasteiger partial charge on any atom is 0.0679 e. The molecule has 0 saturated carbocycles. The Morgan fingerprint density at radius 2 is 2.18 bits per heavy atom. The second-order valence-corrected chi connectivity index (χ2v) is 4.78. The summed E-state index contributed by atoms with van der Waals surface area (Å²) in [6.45, 7) is 2.08. The molecular weight excluding hydrogens is 154 g/mol. The van der Waals surface area contributed by atoms with Crippen LogP contribution in [0.15, 0.2) is 29.2 Å². The molecular formula is C9H11NS. The topological polar surface area (TPSA) is 26.0 Å². The van der Waals surface area contributed by atoms with Crippen molar-refractivity contribution >= 4 is 11.8 Å². The summed E-state index contributed by atoms with van der Waals surface area (Å²) >= 11 is 1.77. The molecule has 0 saturated heterocycles. The highest BCUT2D eigenvalue weighted by atomic mass is 32.2. The SMILES string of the molecule is CC1(N)Cc2ccccc2S1. The molecule has 0 aliphatic carbocycles. The number of hydrogen-bond donors (Lipinski definition) is 1. The first-order valence-corrected chi connectivity index (χ1v) is 4.55. The molecule has 1 aliphatic rings. The highest BCUT2D eigenvalue weighted by Crippen LogP contribution is 2.41. The van der Waals surface area contributed by atoms with Crippen LogP contribution in [0.1, 0.15) is 12.5 Å². The van der Waals surface area contributed by atoms with E-state index >= 15 is 0 Å². The molecule has 1 aromatic carbocycles. The summed E-state index contributed by atoms with van der Waals surface area (Å²) in [5.74, 6) is 0. The molecule has 0 spiro atoms. The van der Waals surface area contributed by atoms with Gasteiger partial charge in [0.15, 0.2) is 0 Å². The van der Waals surface area contributed by atoms with Crippen molar-refractivity contribution in [2.24, 2.45) is 5.73 Å². The normalized spacial score (nSPS) is 28.5. The predicted octanol–water partition coefficient (Wildman–Crippen LogP) is 2.01. The summed E-state index contributed by atoms with van der Waals surface area (Å²) in [5, 5.41) is 0. The molecule has 1 nitrogen and oxygen atoms in total. The summed E-state index contributed by atoms with van der Waals surface area (Å²) < 4.78 is 0. The van der Waals surface area contributed by atoms with Crippen LogP contribution >= 0.6 is 11.8 Å². The van der Waals surface area contributed by atoms with E-state index in [1.165, 1.54) is 10.5 Å². The van der Waals surface area contributed by atoms with Crippen LogP contribution < -0.4 is 5.73 Å². The molecule has 0 radical (unpaired) electrons. The zero-order chi connectivity index (χ0) is 7.90. The van der Waals surface area contributed by atoms with E-state index in [0.717, 1.165) is 6.42 Å². The fourth-order valence-corrected chi connectivity index (χ4v) is 2.56. The quantitative estimate of drug-likeness (QED) is 0.636. The lowest BCUT2D eigenvalue weighted by molar-refractivity contribution is 0.687. The zero-order valence-electron chi connectivity index (χ0n) is 6.50. The van der Waals surface area contributed by atoms with Gasteiger partial charge in [-0.25, -0.2) is 0 Å².